The molecule has 0 amide bonds. The van der Waals surface area contributed by atoms with Crippen LogP contribution >= 0.6 is 0 Å². The summed E-state index contributed by atoms with van der Waals surface area (Å²) in [5.41, 5.74) is 4.10. The predicted molar refractivity (Wildman–Crippen MR) is 94.2 cm³/mol. The second kappa shape index (κ2) is 4.16. The molecule has 0 N–H and O–H groups in total. The van der Waals surface area contributed by atoms with E-state index in [0.29, 0.717) is 11.8 Å². The molecule has 23 heavy (non-hydrogen) atoms. The number of hydrogen-bond acceptors (Lipinski definition) is 3. The van der Waals surface area contributed by atoms with Gasteiger partial charge in [0.1, 0.15) is 6.17 Å². The van der Waals surface area contributed by atoms with Crippen molar-refractivity contribution in [3.8, 4) is 0 Å². The van der Waals surface area contributed by atoms with Gasteiger partial charge in [0.2, 0.25) is 0 Å². The molecule has 3 heteroatoms. The van der Waals surface area contributed by atoms with Crippen LogP contribution in [0.5, 0.6) is 0 Å². The van der Waals surface area contributed by atoms with Gasteiger partial charge in [0.05, 0.1) is 5.69 Å². The molecule has 4 atom stereocenters. The maximum absolute atomic E-state index is 4.73. The summed E-state index contributed by atoms with van der Waals surface area (Å²) >= 11 is 0. The van der Waals surface area contributed by atoms with Gasteiger partial charge in [-0.05, 0) is 35.6 Å². The summed E-state index contributed by atoms with van der Waals surface area (Å²) in [5.74, 6) is 2.17. The van der Waals surface area contributed by atoms with Crippen molar-refractivity contribution in [2.24, 2.45) is 11.3 Å². The van der Waals surface area contributed by atoms with E-state index in [9.17, 15) is 0 Å². The third kappa shape index (κ3) is 1.43. The van der Waals surface area contributed by atoms with E-state index in [0.717, 1.165) is 5.82 Å². The first-order valence-electron chi connectivity index (χ1n) is 8.38. The summed E-state index contributed by atoms with van der Waals surface area (Å²) in [4.78, 5) is 9.61. The molecule has 0 fully saturated rings. The molecule has 5 rings (SSSR count). The van der Waals surface area contributed by atoms with Gasteiger partial charge in [-0.25, -0.2) is 4.98 Å². The highest BCUT2D eigenvalue weighted by atomic mass is 15.4. The number of rotatable bonds is 0. The van der Waals surface area contributed by atoms with Crippen molar-refractivity contribution in [2.45, 2.75) is 25.9 Å². The Kier molecular flexibility index (Phi) is 2.39. The molecule has 116 valence electrons. The van der Waals surface area contributed by atoms with Gasteiger partial charge in [-0.3, -0.25) is 0 Å². The smallest absolute Gasteiger partial charge is 0.158 e. The van der Waals surface area contributed by atoms with Gasteiger partial charge in [-0.1, -0.05) is 44.2 Å². The Labute approximate surface area is 137 Å². The SMILES string of the molecule is CC1c2ccccc2N2c3ncccc3N(C)C2C2(C)C=CC12. The molecule has 1 aliphatic carbocycles. The Morgan fingerprint density at radius 2 is 1.87 bits per heavy atom. The molecule has 2 aliphatic heterocycles. The molecule has 0 saturated carbocycles. The Hall–Kier alpha value is -2.29. The van der Waals surface area contributed by atoms with Crippen LogP contribution in [0.15, 0.2) is 54.7 Å². The van der Waals surface area contributed by atoms with E-state index in [1.165, 1.54) is 16.9 Å². The van der Waals surface area contributed by atoms with Gasteiger partial charge in [0, 0.05) is 24.3 Å². The number of nitrogens with zero attached hydrogens (tertiary/aromatic N) is 3. The van der Waals surface area contributed by atoms with Gasteiger partial charge in [-0.2, -0.15) is 0 Å². The molecule has 0 saturated heterocycles. The minimum absolute atomic E-state index is 0.133. The molecule has 0 bridgehead atoms. The first-order valence-corrected chi connectivity index (χ1v) is 8.38. The number of para-hydroxylation sites is 1. The number of benzene rings is 1. The fourth-order valence-corrected chi connectivity index (χ4v) is 4.97. The molecule has 3 nitrogen and oxygen atoms in total. The fourth-order valence-electron chi connectivity index (χ4n) is 4.97. The molecule has 4 unspecified atom stereocenters. The Morgan fingerprint density at radius 3 is 2.65 bits per heavy atom. The number of pyridine rings is 1. The van der Waals surface area contributed by atoms with Crippen molar-refractivity contribution in [2.75, 3.05) is 16.8 Å². The highest BCUT2D eigenvalue weighted by Gasteiger charge is 2.56. The lowest BCUT2D eigenvalue weighted by molar-refractivity contribution is 0.195. The summed E-state index contributed by atoms with van der Waals surface area (Å²) in [6.07, 6.45) is 6.99. The summed E-state index contributed by atoms with van der Waals surface area (Å²) in [6.45, 7) is 4.77. The Balaban J connectivity index is 1.83. The van der Waals surface area contributed by atoms with E-state index < -0.39 is 0 Å². The van der Waals surface area contributed by atoms with Crippen molar-refractivity contribution in [3.05, 3.63) is 60.3 Å². The summed E-state index contributed by atoms with van der Waals surface area (Å²) in [5, 5.41) is 0. The lowest BCUT2D eigenvalue weighted by atomic mass is 9.61. The Morgan fingerprint density at radius 1 is 1.09 bits per heavy atom. The molecule has 1 aromatic carbocycles. The van der Waals surface area contributed by atoms with Crippen LogP contribution in [0.25, 0.3) is 0 Å². The summed E-state index contributed by atoms with van der Waals surface area (Å²) < 4.78 is 0. The lowest BCUT2D eigenvalue weighted by Crippen LogP contribution is -2.55. The molecular formula is C20H21N3. The minimum atomic E-state index is 0.133. The zero-order valence-corrected chi connectivity index (χ0v) is 13.8. The standard InChI is InChI=1S/C20H21N3/c1-13-14-7-4-5-8-16(14)23-18-17(9-6-12-21-18)22(3)19(23)20(2)11-10-15(13)20/h4-13,15,19H,1-3H3. The largest absolute Gasteiger partial charge is 0.350 e. The van der Waals surface area contributed by atoms with Crippen molar-refractivity contribution < 1.29 is 0 Å². The molecule has 2 aromatic rings. The van der Waals surface area contributed by atoms with Crippen molar-refractivity contribution >= 4 is 17.2 Å². The summed E-state index contributed by atoms with van der Waals surface area (Å²) in [7, 11) is 2.21. The second-order valence-electron chi connectivity index (χ2n) is 7.30. The fraction of sp³-hybridized carbons (Fsp3) is 0.350. The number of fused-ring (bicyclic) bond motifs is 7. The average molecular weight is 303 g/mol. The summed E-state index contributed by atoms with van der Waals surface area (Å²) in [6, 6.07) is 13.1. The monoisotopic (exact) mass is 303 g/mol. The van der Waals surface area contributed by atoms with E-state index >= 15 is 0 Å². The molecule has 3 heterocycles. The highest BCUT2D eigenvalue weighted by Crippen LogP contribution is 2.60. The molecule has 0 spiro atoms. The van der Waals surface area contributed by atoms with E-state index in [1.54, 1.807) is 0 Å². The van der Waals surface area contributed by atoms with Gasteiger partial charge >= 0.3 is 0 Å². The highest BCUT2D eigenvalue weighted by molar-refractivity contribution is 5.83. The number of hydrogen-bond donors (Lipinski definition) is 0. The maximum atomic E-state index is 4.73. The van der Waals surface area contributed by atoms with Crippen LogP contribution in [-0.4, -0.2) is 18.2 Å². The topological polar surface area (TPSA) is 19.4 Å². The van der Waals surface area contributed by atoms with Crippen LogP contribution in [0.4, 0.5) is 17.2 Å². The second-order valence-corrected chi connectivity index (χ2v) is 7.30. The van der Waals surface area contributed by atoms with Crippen LogP contribution in [0.3, 0.4) is 0 Å². The van der Waals surface area contributed by atoms with Crippen molar-refractivity contribution in [1.82, 2.24) is 4.98 Å². The van der Waals surface area contributed by atoms with E-state index in [2.05, 4.69) is 73.2 Å². The third-order valence-electron chi connectivity index (χ3n) is 6.15. The van der Waals surface area contributed by atoms with Crippen molar-refractivity contribution in [3.63, 3.8) is 0 Å². The van der Waals surface area contributed by atoms with Crippen LogP contribution in [0.2, 0.25) is 0 Å². The van der Waals surface area contributed by atoms with Crippen LogP contribution in [0.1, 0.15) is 25.3 Å². The van der Waals surface area contributed by atoms with Crippen LogP contribution in [0, 0.1) is 11.3 Å². The lowest BCUT2D eigenvalue weighted by Gasteiger charge is -2.49. The molecule has 0 radical (unpaired) electrons. The normalized spacial score (nSPS) is 33.3. The Bertz CT molecular complexity index is 827. The third-order valence-corrected chi connectivity index (χ3v) is 6.15. The van der Waals surface area contributed by atoms with Crippen molar-refractivity contribution in [1.29, 1.82) is 0 Å². The first kappa shape index (κ1) is 13.2. The van der Waals surface area contributed by atoms with Gasteiger partial charge in [0.15, 0.2) is 5.82 Å². The maximum Gasteiger partial charge on any atom is 0.158 e. The first-order chi connectivity index (χ1) is 11.1. The number of anilines is 3. The number of aromatic nitrogens is 1. The zero-order valence-electron chi connectivity index (χ0n) is 13.8. The quantitative estimate of drug-likeness (QED) is 0.676. The molecule has 3 aliphatic rings. The van der Waals surface area contributed by atoms with E-state index in [4.69, 9.17) is 4.98 Å². The van der Waals surface area contributed by atoms with Gasteiger partial charge in [-0.15, -0.1) is 0 Å². The predicted octanol–water partition coefficient (Wildman–Crippen LogP) is 4.31. The van der Waals surface area contributed by atoms with Crippen LogP contribution < -0.4 is 9.80 Å². The zero-order chi connectivity index (χ0) is 15.8. The van der Waals surface area contributed by atoms with Crippen LogP contribution in [-0.2, 0) is 0 Å². The minimum Gasteiger partial charge on any atom is -0.350 e. The molecular weight excluding hydrogens is 282 g/mol. The average Bonchev–Trinajstić information content (AvgIpc) is 2.84. The number of allylic oxidation sites excluding steroid dienone is 1. The van der Waals surface area contributed by atoms with Gasteiger partial charge in [0.25, 0.3) is 0 Å². The van der Waals surface area contributed by atoms with Gasteiger partial charge < -0.3 is 9.80 Å². The van der Waals surface area contributed by atoms with E-state index in [1.807, 2.05) is 12.3 Å². The molecule has 1 aromatic heterocycles. The van der Waals surface area contributed by atoms with E-state index in [-0.39, 0.29) is 11.6 Å².